The number of hydrogen-bond donors (Lipinski definition) is 3. The molecule has 1 heterocycles. The zero-order chi connectivity index (χ0) is 13.1. The molecule has 0 spiro atoms. The van der Waals surface area contributed by atoms with Crippen molar-refractivity contribution in [3.05, 3.63) is 0 Å². The van der Waals surface area contributed by atoms with Crippen LogP contribution in [0.4, 0.5) is 0 Å². The van der Waals surface area contributed by atoms with Crippen molar-refractivity contribution in [1.29, 1.82) is 0 Å². The van der Waals surface area contributed by atoms with Gasteiger partial charge in [0.1, 0.15) is 0 Å². The smallest absolute Gasteiger partial charge is 0.276 e. The summed E-state index contributed by atoms with van der Waals surface area (Å²) in [7, 11) is -3.61. The van der Waals surface area contributed by atoms with Crippen LogP contribution >= 0.6 is 0 Å². The molecular formula is C8H19N5O3S. The Labute approximate surface area is 101 Å². The molecule has 0 bridgehead atoms. The van der Waals surface area contributed by atoms with Crippen LogP contribution in [0, 0.1) is 0 Å². The molecule has 0 saturated carbocycles. The van der Waals surface area contributed by atoms with E-state index in [0.717, 1.165) is 0 Å². The number of amidine groups is 1. The fourth-order valence-corrected chi connectivity index (χ4v) is 2.66. The summed E-state index contributed by atoms with van der Waals surface area (Å²) in [6.07, 6.45) is 0.700. The first-order valence-corrected chi connectivity index (χ1v) is 6.89. The van der Waals surface area contributed by atoms with E-state index in [1.54, 1.807) is 0 Å². The van der Waals surface area contributed by atoms with Crippen LogP contribution in [-0.4, -0.2) is 60.9 Å². The molecule has 8 nitrogen and oxygen atoms in total. The monoisotopic (exact) mass is 265 g/mol. The summed E-state index contributed by atoms with van der Waals surface area (Å²) in [6, 6.07) is -0.164. The predicted octanol–water partition coefficient (Wildman–Crippen LogP) is -1.67. The van der Waals surface area contributed by atoms with Gasteiger partial charge < -0.3 is 10.9 Å². The lowest BCUT2D eigenvalue weighted by molar-refractivity contribution is 0.161. The number of piperazine rings is 1. The molecule has 17 heavy (non-hydrogen) atoms. The zero-order valence-corrected chi connectivity index (χ0v) is 10.6. The maximum atomic E-state index is 11.1. The highest BCUT2D eigenvalue weighted by Gasteiger charge is 2.28. The van der Waals surface area contributed by atoms with Crippen LogP contribution in [0.25, 0.3) is 0 Å². The van der Waals surface area contributed by atoms with Gasteiger partial charge in [-0.1, -0.05) is 12.1 Å². The fourth-order valence-electron chi connectivity index (χ4n) is 1.99. The van der Waals surface area contributed by atoms with Gasteiger partial charge in [0.05, 0.1) is 6.04 Å². The lowest BCUT2D eigenvalue weighted by Gasteiger charge is -2.37. The van der Waals surface area contributed by atoms with Crippen molar-refractivity contribution in [3.63, 3.8) is 0 Å². The molecule has 1 unspecified atom stereocenters. The number of nitrogens with two attached hydrogens (primary N) is 2. The van der Waals surface area contributed by atoms with Crippen LogP contribution in [0.3, 0.4) is 0 Å². The Morgan fingerprint density at radius 2 is 1.94 bits per heavy atom. The molecule has 0 aromatic carbocycles. The quantitative estimate of drug-likeness (QED) is 0.242. The summed E-state index contributed by atoms with van der Waals surface area (Å²) in [5.41, 5.74) is 5.58. The normalized spacial score (nSPS) is 22.6. The van der Waals surface area contributed by atoms with E-state index >= 15 is 0 Å². The second-order valence-corrected chi connectivity index (χ2v) is 5.48. The third-order valence-corrected chi connectivity index (χ3v) is 4.00. The third-order valence-electron chi connectivity index (χ3n) is 2.92. The van der Waals surface area contributed by atoms with E-state index in [1.807, 2.05) is 11.8 Å². The van der Waals surface area contributed by atoms with Gasteiger partial charge in [0.25, 0.3) is 10.2 Å². The van der Waals surface area contributed by atoms with Crippen molar-refractivity contribution in [3.8, 4) is 0 Å². The van der Waals surface area contributed by atoms with Gasteiger partial charge in [-0.25, -0.2) is 5.14 Å². The van der Waals surface area contributed by atoms with Crippen LogP contribution in [0.2, 0.25) is 0 Å². The molecular weight excluding hydrogens is 246 g/mol. The number of hydrogen-bond acceptors (Lipinski definition) is 5. The van der Waals surface area contributed by atoms with E-state index < -0.39 is 10.2 Å². The Bertz CT molecular complexity index is 375. The summed E-state index contributed by atoms with van der Waals surface area (Å²) in [5, 5.41) is 16.7. The van der Waals surface area contributed by atoms with Gasteiger partial charge in [-0.15, -0.1) is 0 Å². The molecule has 1 aliphatic rings. The Morgan fingerprint density at radius 3 is 2.29 bits per heavy atom. The molecule has 5 N–H and O–H groups in total. The Kier molecular flexibility index (Phi) is 4.69. The lowest BCUT2D eigenvalue weighted by Crippen LogP contribution is -2.56. The second kappa shape index (κ2) is 5.63. The van der Waals surface area contributed by atoms with Crippen LogP contribution in [0.15, 0.2) is 5.16 Å². The molecule has 1 fully saturated rings. The van der Waals surface area contributed by atoms with E-state index in [-0.39, 0.29) is 11.9 Å². The van der Waals surface area contributed by atoms with E-state index in [1.165, 1.54) is 4.31 Å². The van der Waals surface area contributed by atoms with Gasteiger partial charge in [0.15, 0.2) is 5.84 Å². The zero-order valence-electron chi connectivity index (χ0n) is 9.78. The SMILES string of the molecule is CCC(C(N)=NO)N1CCN(S(N)(=O)=O)CC1. The van der Waals surface area contributed by atoms with Crippen molar-refractivity contribution in [2.24, 2.45) is 16.0 Å². The van der Waals surface area contributed by atoms with Crippen LogP contribution in [0.5, 0.6) is 0 Å². The van der Waals surface area contributed by atoms with Gasteiger partial charge in [-0.2, -0.15) is 12.7 Å². The summed E-state index contributed by atoms with van der Waals surface area (Å²) in [5.74, 6) is 0.150. The highest BCUT2D eigenvalue weighted by Crippen LogP contribution is 2.10. The van der Waals surface area contributed by atoms with Gasteiger partial charge in [-0.3, -0.25) is 4.90 Å². The van der Waals surface area contributed by atoms with E-state index in [9.17, 15) is 8.42 Å². The average Bonchev–Trinajstić information content (AvgIpc) is 2.29. The highest BCUT2D eigenvalue weighted by atomic mass is 32.2. The largest absolute Gasteiger partial charge is 0.409 e. The number of rotatable bonds is 4. The number of oxime groups is 1. The minimum absolute atomic E-state index is 0.150. The topological polar surface area (TPSA) is 125 Å². The van der Waals surface area contributed by atoms with Gasteiger partial charge in [0, 0.05) is 26.2 Å². The highest BCUT2D eigenvalue weighted by molar-refractivity contribution is 7.86. The van der Waals surface area contributed by atoms with Crippen molar-refractivity contribution in [2.45, 2.75) is 19.4 Å². The third kappa shape index (κ3) is 3.53. The van der Waals surface area contributed by atoms with Crippen molar-refractivity contribution >= 4 is 16.0 Å². The Hall–Kier alpha value is -0.900. The molecule has 1 saturated heterocycles. The average molecular weight is 265 g/mol. The maximum absolute atomic E-state index is 11.1. The van der Waals surface area contributed by atoms with E-state index in [0.29, 0.717) is 32.6 Å². The standard InChI is InChI=1S/C8H19N5O3S/c1-2-7(8(9)11-14)12-3-5-13(6-4-12)17(10,15)16/h7,14H,2-6H2,1H3,(H2,9,11)(H2,10,15,16). The molecule has 0 amide bonds. The molecule has 100 valence electrons. The van der Waals surface area contributed by atoms with Crippen LogP contribution in [-0.2, 0) is 10.2 Å². The minimum atomic E-state index is -3.61. The molecule has 1 rings (SSSR count). The van der Waals surface area contributed by atoms with Crippen molar-refractivity contribution in [1.82, 2.24) is 9.21 Å². The van der Waals surface area contributed by atoms with E-state index in [2.05, 4.69) is 5.16 Å². The first-order chi connectivity index (χ1) is 7.90. The van der Waals surface area contributed by atoms with Gasteiger partial charge in [0.2, 0.25) is 0 Å². The molecule has 1 atom stereocenters. The minimum Gasteiger partial charge on any atom is -0.409 e. The molecule has 0 aliphatic carbocycles. The molecule has 1 aliphatic heterocycles. The van der Waals surface area contributed by atoms with Crippen LogP contribution in [0.1, 0.15) is 13.3 Å². The summed E-state index contributed by atoms with van der Waals surface area (Å²) < 4.78 is 23.5. The number of nitrogens with zero attached hydrogens (tertiary/aromatic N) is 3. The van der Waals surface area contributed by atoms with Crippen molar-refractivity contribution in [2.75, 3.05) is 26.2 Å². The summed E-state index contributed by atoms with van der Waals surface area (Å²) >= 11 is 0. The summed E-state index contributed by atoms with van der Waals surface area (Å²) in [4.78, 5) is 1.98. The van der Waals surface area contributed by atoms with E-state index in [4.69, 9.17) is 16.1 Å². The summed E-state index contributed by atoms with van der Waals surface area (Å²) in [6.45, 7) is 3.62. The first-order valence-electron chi connectivity index (χ1n) is 5.39. The van der Waals surface area contributed by atoms with Gasteiger partial charge in [-0.05, 0) is 6.42 Å². The molecule has 9 heteroatoms. The van der Waals surface area contributed by atoms with Gasteiger partial charge >= 0.3 is 0 Å². The molecule has 0 aromatic heterocycles. The first kappa shape index (κ1) is 14.2. The van der Waals surface area contributed by atoms with Crippen LogP contribution < -0.4 is 10.9 Å². The predicted molar refractivity (Wildman–Crippen MR) is 63.7 cm³/mol. The maximum Gasteiger partial charge on any atom is 0.276 e. The van der Waals surface area contributed by atoms with Crippen molar-refractivity contribution < 1.29 is 13.6 Å². The molecule has 0 aromatic rings. The second-order valence-electron chi connectivity index (χ2n) is 3.93. The Morgan fingerprint density at radius 1 is 1.41 bits per heavy atom. The fraction of sp³-hybridized carbons (Fsp3) is 0.875. The Balaban J connectivity index is 2.63. The lowest BCUT2D eigenvalue weighted by atomic mass is 10.1. The molecule has 0 radical (unpaired) electrons.